The van der Waals surface area contributed by atoms with Gasteiger partial charge in [0.1, 0.15) is 0 Å². The molecule has 0 fully saturated rings. The van der Waals surface area contributed by atoms with Gasteiger partial charge in [-0.3, -0.25) is 19.9 Å². The second kappa shape index (κ2) is 5.57. The molecule has 0 radical (unpaired) electrons. The third-order valence-corrected chi connectivity index (χ3v) is 3.02. The van der Waals surface area contributed by atoms with E-state index < -0.39 is 10.8 Å². The van der Waals surface area contributed by atoms with Crippen LogP contribution in [0.15, 0.2) is 47.2 Å². The molecule has 7 heteroatoms. The number of nitrogens with one attached hydrogen (secondary N) is 1. The van der Waals surface area contributed by atoms with Crippen LogP contribution in [0.2, 0.25) is 0 Å². The van der Waals surface area contributed by atoms with Gasteiger partial charge in [-0.1, -0.05) is 0 Å². The topological polar surface area (TPSA) is 85.1 Å². The first-order chi connectivity index (χ1) is 9.08. The minimum absolute atomic E-state index is 0.139. The van der Waals surface area contributed by atoms with E-state index in [-0.39, 0.29) is 11.3 Å². The summed E-state index contributed by atoms with van der Waals surface area (Å²) in [6.45, 7) is 0. The summed E-state index contributed by atoms with van der Waals surface area (Å²) in [5, 5.41) is 13.3. The third kappa shape index (κ3) is 3.14. The third-order valence-electron chi connectivity index (χ3n) is 2.32. The Morgan fingerprint density at radius 1 is 1.37 bits per heavy atom. The van der Waals surface area contributed by atoms with Crippen LogP contribution >= 0.6 is 15.9 Å². The number of amides is 1. The van der Waals surface area contributed by atoms with Crippen molar-refractivity contribution < 1.29 is 9.72 Å². The molecule has 0 aliphatic rings. The van der Waals surface area contributed by atoms with E-state index in [4.69, 9.17) is 0 Å². The number of halogens is 1. The average molecular weight is 322 g/mol. The number of carbonyl (C=O) groups is 1. The van der Waals surface area contributed by atoms with E-state index in [0.29, 0.717) is 10.2 Å². The number of nitrogens with zero attached hydrogens (tertiary/aromatic N) is 2. The van der Waals surface area contributed by atoms with Crippen molar-refractivity contribution >= 4 is 33.2 Å². The lowest BCUT2D eigenvalue weighted by molar-refractivity contribution is -0.384. The summed E-state index contributed by atoms with van der Waals surface area (Å²) >= 11 is 3.19. The number of pyridine rings is 1. The van der Waals surface area contributed by atoms with Gasteiger partial charge in [0, 0.05) is 22.8 Å². The number of hydrogen-bond donors (Lipinski definition) is 1. The molecule has 0 spiro atoms. The van der Waals surface area contributed by atoms with Crippen molar-refractivity contribution in [1.29, 1.82) is 0 Å². The molecule has 1 aromatic carbocycles. The normalized spacial score (nSPS) is 9.95. The van der Waals surface area contributed by atoms with Crippen LogP contribution in [0.3, 0.4) is 0 Å². The van der Waals surface area contributed by atoms with Crippen LogP contribution in [-0.4, -0.2) is 15.8 Å². The number of nitro benzene ring substituents is 1. The molecule has 0 aliphatic carbocycles. The maximum atomic E-state index is 12.0. The van der Waals surface area contributed by atoms with Gasteiger partial charge in [0.15, 0.2) is 0 Å². The van der Waals surface area contributed by atoms with Crippen LogP contribution in [-0.2, 0) is 0 Å². The average Bonchev–Trinajstić information content (AvgIpc) is 2.40. The van der Waals surface area contributed by atoms with Crippen LogP contribution in [0.25, 0.3) is 0 Å². The van der Waals surface area contributed by atoms with Gasteiger partial charge in [-0.15, -0.1) is 0 Å². The molecule has 19 heavy (non-hydrogen) atoms. The molecule has 2 aromatic rings. The lowest BCUT2D eigenvalue weighted by Gasteiger charge is -2.06. The summed E-state index contributed by atoms with van der Waals surface area (Å²) in [5.41, 5.74) is 0.573. The monoisotopic (exact) mass is 321 g/mol. The minimum Gasteiger partial charge on any atom is -0.321 e. The van der Waals surface area contributed by atoms with Crippen molar-refractivity contribution in [3.05, 3.63) is 62.9 Å². The van der Waals surface area contributed by atoms with Crippen LogP contribution in [0.4, 0.5) is 11.4 Å². The van der Waals surface area contributed by atoms with Crippen molar-refractivity contribution in [2.45, 2.75) is 0 Å². The van der Waals surface area contributed by atoms with E-state index in [9.17, 15) is 14.9 Å². The molecule has 6 nitrogen and oxygen atoms in total. The molecular formula is C12H8BrN3O3. The first-order valence-electron chi connectivity index (χ1n) is 5.23. The zero-order valence-electron chi connectivity index (χ0n) is 9.54. The quantitative estimate of drug-likeness (QED) is 0.695. The largest absolute Gasteiger partial charge is 0.321 e. The second-order valence-electron chi connectivity index (χ2n) is 3.62. The Labute approximate surface area is 116 Å². The highest BCUT2D eigenvalue weighted by Crippen LogP contribution is 2.23. The van der Waals surface area contributed by atoms with Crippen LogP contribution in [0.5, 0.6) is 0 Å². The molecule has 1 amide bonds. The highest BCUT2D eigenvalue weighted by molar-refractivity contribution is 9.10. The van der Waals surface area contributed by atoms with Crippen molar-refractivity contribution in [3.63, 3.8) is 0 Å². The molecule has 1 aromatic heterocycles. The molecule has 0 saturated heterocycles. The molecule has 2 rings (SSSR count). The minimum atomic E-state index is -0.548. The fraction of sp³-hybridized carbons (Fsp3) is 0. The van der Waals surface area contributed by atoms with E-state index in [1.54, 1.807) is 18.3 Å². The van der Waals surface area contributed by atoms with Crippen molar-refractivity contribution in [2.75, 3.05) is 5.32 Å². The maximum absolute atomic E-state index is 12.0. The van der Waals surface area contributed by atoms with Gasteiger partial charge in [-0.25, -0.2) is 0 Å². The van der Waals surface area contributed by atoms with E-state index in [2.05, 4.69) is 26.2 Å². The highest BCUT2D eigenvalue weighted by Gasteiger charge is 2.15. The first-order valence-corrected chi connectivity index (χ1v) is 6.02. The van der Waals surface area contributed by atoms with Crippen LogP contribution in [0.1, 0.15) is 10.4 Å². The van der Waals surface area contributed by atoms with Crippen molar-refractivity contribution in [3.8, 4) is 0 Å². The number of anilines is 1. The molecule has 1 heterocycles. The molecule has 96 valence electrons. The summed E-state index contributed by atoms with van der Waals surface area (Å²) in [6.07, 6.45) is 3.07. The Morgan fingerprint density at radius 3 is 2.79 bits per heavy atom. The lowest BCUT2D eigenvalue weighted by atomic mass is 10.2. The number of nitro groups is 1. The van der Waals surface area contributed by atoms with Crippen molar-refractivity contribution in [2.24, 2.45) is 0 Å². The molecule has 0 aliphatic heterocycles. The summed E-state index contributed by atoms with van der Waals surface area (Å²) < 4.78 is 0.486. The smallest absolute Gasteiger partial charge is 0.270 e. The van der Waals surface area contributed by atoms with E-state index in [1.165, 1.54) is 24.4 Å². The molecule has 1 N–H and O–H groups in total. The van der Waals surface area contributed by atoms with E-state index in [1.807, 2.05) is 0 Å². The van der Waals surface area contributed by atoms with Crippen molar-refractivity contribution in [1.82, 2.24) is 4.98 Å². The van der Waals surface area contributed by atoms with Crippen LogP contribution < -0.4 is 5.32 Å². The predicted molar refractivity (Wildman–Crippen MR) is 73.0 cm³/mol. The lowest BCUT2D eigenvalue weighted by Crippen LogP contribution is -2.13. The maximum Gasteiger partial charge on any atom is 0.270 e. The number of rotatable bonds is 3. The molecule has 0 bridgehead atoms. The summed E-state index contributed by atoms with van der Waals surface area (Å²) in [5.74, 6) is -0.441. The van der Waals surface area contributed by atoms with Gasteiger partial charge in [0.05, 0.1) is 22.4 Å². The Kier molecular flexibility index (Phi) is 3.86. The Bertz CT molecular complexity index is 631. The zero-order valence-corrected chi connectivity index (χ0v) is 11.1. The molecule has 0 saturated carbocycles. The summed E-state index contributed by atoms with van der Waals surface area (Å²) in [4.78, 5) is 26.0. The van der Waals surface area contributed by atoms with Gasteiger partial charge < -0.3 is 5.32 Å². The van der Waals surface area contributed by atoms with Gasteiger partial charge in [0.2, 0.25) is 0 Å². The van der Waals surface area contributed by atoms with Crippen LogP contribution in [0, 0.1) is 10.1 Å². The standard InChI is InChI=1S/C12H8BrN3O3/c13-11-4-3-9(16(18)19)6-10(11)12(17)15-8-2-1-5-14-7-8/h1-7H,(H,15,17). The fourth-order valence-corrected chi connectivity index (χ4v) is 1.86. The van der Waals surface area contributed by atoms with Gasteiger partial charge >= 0.3 is 0 Å². The fourth-order valence-electron chi connectivity index (χ4n) is 1.44. The number of benzene rings is 1. The summed E-state index contributed by atoms with van der Waals surface area (Å²) in [6, 6.07) is 7.37. The molecule has 0 unspecified atom stereocenters. The second-order valence-corrected chi connectivity index (χ2v) is 4.47. The Balaban J connectivity index is 2.28. The predicted octanol–water partition coefficient (Wildman–Crippen LogP) is 3.00. The number of hydrogen-bond acceptors (Lipinski definition) is 4. The summed E-state index contributed by atoms with van der Waals surface area (Å²) in [7, 11) is 0. The highest BCUT2D eigenvalue weighted by atomic mass is 79.9. The van der Waals surface area contributed by atoms with Gasteiger partial charge in [0.25, 0.3) is 11.6 Å². The molecular weight excluding hydrogens is 314 g/mol. The molecule has 0 atom stereocenters. The van der Waals surface area contributed by atoms with E-state index >= 15 is 0 Å². The van der Waals surface area contributed by atoms with E-state index in [0.717, 1.165) is 0 Å². The zero-order chi connectivity index (χ0) is 13.8. The first kappa shape index (κ1) is 13.2. The van der Waals surface area contributed by atoms with Gasteiger partial charge in [-0.05, 0) is 34.1 Å². The number of carbonyl (C=O) groups excluding carboxylic acids is 1. The SMILES string of the molecule is O=C(Nc1cccnc1)c1cc([N+](=O)[O-])ccc1Br. The number of aromatic nitrogens is 1. The Hall–Kier alpha value is -2.28. The Morgan fingerprint density at radius 2 is 2.16 bits per heavy atom. The number of non-ortho nitro benzene ring substituents is 1. The van der Waals surface area contributed by atoms with Gasteiger partial charge in [-0.2, -0.15) is 0 Å².